The number of Topliss-reactive ketones (excluding diaryl/α,β-unsaturated/α-hetero) is 1. The SMILES string of the molecule is O=C1C=C(N2CCCCC2)C(=O)c2ncc(N3CCCCC3)nc21. The van der Waals surface area contributed by atoms with E-state index in [4.69, 9.17) is 0 Å². The first-order chi connectivity index (χ1) is 11.7. The highest BCUT2D eigenvalue weighted by Crippen LogP contribution is 2.26. The van der Waals surface area contributed by atoms with Gasteiger partial charge in [-0.3, -0.25) is 9.59 Å². The molecule has 0 saturated carbocycles. The molecular formula is C18H22N4O2. The average Bonchev–Trinajstić information content (AvgIpc) is 2.66. The lowest BCUT2D eigenvalue weighted by Gasteiger charge is -2.32. The molecule has 0 aromatic carbocycles. The molecule has 2 fully saturated rings. The molecular weight excluding hydrogens is 304 g/mol. The Kier molecular flexibility index (Phi) is 4.04. The number of hydrogen-bond acceptors (Lipinski definition) is 6. The first kappa shape index (κ1) is 15.3. The molecule has 0 bridgehead atoms. The Morgan fingerprint density at radius 2 is 1.42 bits per heavy atom. The molecule has 2 saturated heterocycles. The molecule has 6 nitrogen and oxygen atoms in total. The van der Waals surface area contributed by atoms with E-state index < -0.39 is 0 Å². The number of likely N-dealkylation sites (tertiary alicyclic amines) is 1. The Bertz CT molecular complexity index is 701. The third-order valence-corrected chi connectivity index (χ3v) is 5.09. The van der Waals surface area contributed by atoms with Crippen LogP contribution in [-0.2, 0) is 0 Å². The van der Waals surface area contributed by atoms with Crippen LogP contribution in [0.15, 0.2) is 18.0 Å². The van der Waals surface area contributed by atoms with Gasteiger partial charge < -0.3 is 9.80 Å². The van der Waals surface area contributed by atoms with Crippen LogP contribution in [0.3, 0.4) is 0 Å². The first-order valence-electron chi connectivity index (χ1n) is 8.92. The van der Waals surface area contributed by atoms with Crippen molar-refractivity contribution in [2.75, 3.05) is 31.1 Å². The molecule has 0 N–H and O–H groups in total. The van der Waals surface area contributed by atoms with Crippen LogP contribution in [0.4, 0.5) is 5.82 Å². The number of carbonyl (C=O) groups is 2. The van der Waals surface area contributed by atoms with E-state index in [1.807, 2.05) is 4.90 Å². The highest BCUT2D eigenvalue weighted by Gasteiger charge is 2.32. The van der Waals surface area contributed by atoms with E-state index in [0.29, 0.717) is 11.5 Å². The smallest absolute Gasteiger partial charge is 0.229 e. The molecule has 0 spiro atoms. The van der Waals surface area contributed by atoms with Gasteiger partial charge in [-0.15, -0.1) is 0 Å². The van der Waals surface area contributed by atoms with E-state index in [2.05, 4.69) is 14.9 Å². The summed E-state index contributed by atoms with van der Waals surface area (Å²) in [5.41, 5.74) is 0.917. The fourth-order valence-corrected chi connectivity index (χ4v) is 3.74. The van der Waals surface area contributed by atoms with Gasteiger partial charge in [-0.1, -0.05) is 0 Å². The maximum absolute atomic E-state index is 12.8. The molecule has 1 aliphatic carbocycles. The second-order valence-electron chi connectivity index (χ2n) is 6.74. The molecule has 1 aromatic heterocycles. The summed E-state index contributed by atoms with van der Waals surface area (Å²) in [5.74, 6) is 0.352. The van der Waals surface area contributed by atoms with Crippen molar-refractivity contribution in [3.8, 4) is 0 Å². The summed E-state index contributed by atoms with van der Waals surface area (Å²) >= 11 is 0. The quantitative estimate of drug-likeness (QED) is 0.830. The number of carbonyl (C=O) groups excluding carboxylic acids is 2. The molecule has 126 valence electrons. The maximum atomic E-state index is 12.8. The van der Waals surface area contributed by atoms with E-state index in [-0.39, 0.29) is 23.0 Å². The second kappa shape index (κ2) is 6.34. The topological polar surface area (TPSA) is 66.4 Å². The lowest BCUT2D eigenvalue weighted by Crippen LogP contribution is -2.36. The minimum Gasteiger partial charge on any atom is -0.368 e. The highest BCUT2D eigenvalue weighted by molar-refractivity contribution is 6.22. The number of hydrogen-bond donors (Lipinski definition) is 0. The van der Waals surface area contributed by atoms with Crippen molar-refractivity contribution in [1.29, 1.82) is 0 Å². The fourth-order valence-electron chi connectivity index (χ4n) is 3.74. The van der Waals surface area contributed by atoms with Crippen molar-refractivity contribution < 1.29 is 9.59 Å². The lowest BCUT2D eigenvalue weighted by molar-refractivity contribution is 0.0936. The number of nitrogens with zero attached hydrogens (tertiary/aromatic N) is 4. The molecule has 3 aliphatic rings. The van der Waals surface area contributed by atoms with Crippen LogP contribution >= 0.6 is 0 Å². The summed E-state index contributed by atoms with van der Waals surface area (Å²) < 4.78 is 0. The molecule has 4 rings (SSSR count). The summed E-state index contributed by atoms with van der Waals surface area (Å²) in [4.78, 5) is 38.3. The summed E-state index contributed by atoms with van der Waals surface area (Å²) in [5, 5.41) is 0. The monoisotopic (exact) mass is 326 g/mol. The number of rotatable bonds is 2. The third kappa shape index (κ3) is 2.70. The van der Waals surface area contributed by atoms with Crippen LogP contribution in [0.2, 0.25) is 0 Å². The molecule has 0 radical (unpaired) electrons. The van der Waals surface area contributed by atoms with Gasteiger partial charge >= 0.3 is 0 Å². The summed E-state index contributed by atoms with van der Waals surface area (Å²) in [7, 11) is 0. The van der Waals surface area contributed by atoms with Gasteiger partial charge in [0.2, 0.25) is 11.6 Å². The fraction of sp³-hybridized carbons (Fsp3) is 0.556. The molecule has 24 heavy (non-hydrogen) atoms. The number of fused-ring (bicyclic) bond motifs is 1. The van der Waals surface area contributed by atoms with Gasteiger partial charge in [0, 0.05) is 32.3 Å². The van der Waals surface area contributed by atoms with Crippen molar-refractivity contribution in [2.45, 2.75) is 38.5 Å². The number of allylic oxidation sites excluding steroid dienone is 2. The second-order valence-corrected chi connectivity index (χ2v) is 6.74. The van der Waals surface area contributed by atoms with Crippen molar-refractivity contribution in [2.24, 2.45) is 0 Å². The summed E-state index contributed by atoms with van der Waals surface area (Å²) in [6, 6.07) is 0. The van der Waals surface area contributed by atoms with Crippen molar-refractivity contribution in [3.63, 3.8) is 0 Å². The van der Waals surface area contributed by atoms with Crippen LogP contribution in [-0.4, -0.2) is 52.6 Å². The van der Waals surface area contributed by atoms with Crippen LogP contribution in [0, 0.1) is 0 Å². The molecule has 6 heteroatoms. The van der Waals surface area contributed by atoms with E-state index in [0.717, 1.165) is 51.9 Å². The van der Waals surface area contributed by atoms with Crippen LogP contribution in [0.1, 0.15) is 59.5 Å². The van der Waals surface area contributed by atoms with Gasteiger partial charge in [0.25, 0.3) is 0 Å². The molecule has 2 aliphatic heterocycles. The van der Waals surface area contributed by atoms with Gasteiger partial charge in [-0.2, -0.15) is 0 Å². The summed E-state index contributed by atoms with van der Waals surface area (Å²) in [6.45, 7) is 3.54. The first-order valence-corrected chi connectivity index (χ1v) is 8.92. The number of aromatic nitrogens is 2. The Morgan fingerprint density at radius 1 is 0.792 bits per heavy atom. The van der Waals surface area contributed by atoms with Gasteiger partial charge in [0.15, 0.2) is 0 Å². The standard InChI is InChI=1S/C18H22N4O2/c23-14-11-13(21-7-3-1-4-8-21)18(24)17-16(14)20-15(12-19-17)22-9-5-2-6-10-22/h11-12H,1-10H2. The molecule has 1 aromatic rings. The van der Waals surface area contributed by atoms with Gasteiger partial charge in [-0.05, 0) is 38.5 Å². The Hall–Kier alpha value is -2.24. The zero-order chi connectivity index (χ0) is 16.5. The Morgan fingerprint density at radius 3 is 2.08 bits per heavy atom. The normalized spacial score (nSPS) is 21.6. The third-order valence-electron chi connectivity index (χ3n) is 5.09. The minimum atomic E-state index is -0.198. The molecule has 3 heterocycles. The van der Waals surface area contributed by atoms with Crippen LogP contribution in [0.25, 0.3) is 0 Å². The van der Waals surface area contributed by atoms with E-state index in [1.54, 1.807) is 6.20 Å². The number of ketones is 2. The minimum absolute atomic E-state index is 0.163. The number of piperidine rings is 2. The van der Waals surface area contributed by atoms with E-state index in [9.17, 15) is 9.59 Å². The molecule has 0 amide bonds. The predicted octanol–water partition coefficient (Wildman–Crippen LogP) is 2.22. The van der Waals surface area contributed by atoms with Crippen molar-refractivity contribution in [1.82, 2.24) is 14.9 Å². The maximum Gasteiger partial charge on any atom is 0.229 e. The average molecular weight is 326 g/mol. The summed E-state index contributed by atoms with van der Waals surface area (Å²) in [6.07, 6.45) is 9.90. The van der Waals surface area contributed by atoms with Gasteiger partial charge in [-0.25, -0.2) is 9.97 Å². The van der Waals surface area contributed by atoms with Gasteiger partial charge in [0.1, 0.15) is 17.2 Å². The van der Waals surface area contributed by atoms with E-state index in [1.165, 1.54) is 18.9 Å². The van der Waals surface area contributed by atoms with Crippen LogP contribution < -0.4 is 4.90 Å². The largest absolute Gasteiger partial charge is 0.368 e. The molecule has 0 unspecified atom stereocenters. The van der Waals surface area contributed by atoms with Crippen LogP contribution in [0.5, 0.6) is 0 Å². The van der Waals surface area contributed by atoms with E-state index >= 15 is 0 Å². The number of anilines is 1. The van der Waals surface area contributed by atoms with Crippen molar-refractivity contribution in [3.05, 3.63) is 29.4 Å². The zero-order valence-corrected chi connectivity index (χ0v) is 13.8. The Labute approximate surface area is 141 Å². The molecule has 0 atom stereocenters. The zero-order valence-electron chi connectivity index (χ0n) is 13.8. The highest BCUT2D eigenvalue weighted by atomic mass is 16.1. The predicted molar refractivity (Wildman–Crippen MR) is 90.3 cm³/mol. The lowest BCUT2D eigenvalue weighted by atomic mass is 9.99. The Balaban J connectivity index is 1.63. The van der Waals surface area contributed by atoms with Gasteiger partial charge in [0.05, 0.1) is 11.9 Å². The van der Waals surface area contributed by atoms with Crippen molar-refractivity contribution >= 4 is 17.4 Å².